The first-order valence-corrected chi connectivity index (χ1v) is 26.0. The Morgan fingerprint density at radius 2 is 1.09 bits per heavy atom. The molecule has 4 heterocycles. The molecule has 0 spiro atoms. The van der Waals surface area contributed by atoms with E-state index in [9.17, 15) is 14.4 Å². The van der Waals surface area contributed by atoms with E-state index >= 15 is 0 Å². The number of nitrogens with two attached hydrogens (primary N) is 1. The van der Waals surface area contributed by atoms with E-state index in [2.05, 4.69) is 60.4 Å². The molecular formula is C57H63Cl3N12O4. The molecule has 16 nitrogen and oxygen atoms in total. The number of carbonyl (C=O) groups is 3. The second-order valence-corrected chi connectivity index (χ2v) is 21.8. The number of ether oxygens (including phenoxy) is 1. The normalized spacial score (nSPS) is 19.3. The molecule has 0 saturated heterocycles. The van der Waals surface area contributed by atoms with E-state index in [0.29, 0.717) is 62.3 Å². The van der Waals surface area contributed by atoms with Crippen LogP contribution in [0.1, 0.15) is 107 Å². The number of fused-ring (bicyclic) bond motifs is 2. The molecule has 4 atom stereocenters. The zero-order valence-electron chi connectivity index (χ0n) is 43.0. The maximum atomic E-state index is 13.1. The monoisotopic (exact) mass is 1080 g/mol. The Morgan fingerprint density at radius 3 is 1.54 bits per heavy atom. The molecule has 0 bridgehead atoms. The van der Waals surface area contributed by atoms with Crippen molar-refractivity contribution in [2.75, 3.05) is 21.7 Å². The van der Waals surface area contributed by atoms with Crippen LogP contribution in [0, 0.1) is 0 Å². The van der Waals surface area contributed by atoms with Crippen molar-refractivity contribution in [1.29, 1.82) is 0 Å². The van der Waals surface area contributed by atoms with Crippen molar-refractivity contribution < 1.29 is 19.1 Å². The van der Waals surface area contributed by atoms with Crippen LogP contribution < -0.4 is 32.3 Å². The molecule has 8 aromatic rings. The van der Waals surface area contributed by atoms with Crippen LogP contribution in [0.5, 0.6) is 0 Å². The molecule has 19 heteroatoms. The number of para-hydroxylation sites is 2. The van der Waals surface area contributed by atoms with Crippen LogP contribution in [0.3, 0.4) is 0 Å². The number of nitrogen functional groups attached to an aromatic ring is 1. The van der Waals surface area contributed by atoms with Crippen molar-refractivity contribution >= 4 is 98.6 Å². The largest absolute Gasteiger partial charge is 0.444 e. The van der Waals surface area contributed by atoms with Gasteiger partial charge < -0.3 is 41.7 Å². The van der Waals surface area contributed by atoms with Crippen molar-refractivity contribution in [2.45, 2.75) is 115 Å². The summed E-state index contributed by atoms with van der Waals surface area (Å²) in [6, 6.07) is 30.0. The zero-order valence-corrected chi connectivity index (χ0v) is 45.4. The van der Waals surface area contributed by atoms with Crippen LogP contribution in [0.25, 0.3) is 44.3 Å². The van der Waals surface area contributed by atoms with Gasteiger partial charge in [-0.1, -0.05) is 59.6 Å². The van der Waals surface area contributed by atoms with Crippen molar-refractivity contribution in [1.82, 2.24) is 40.5 Å². The lowest BCUT2D eigenvalue weighted by molar-refractivity contribution is 0.0635. The van der Waals surface area contributed by atoms with Gasteiger partial charge in [-0.3, -0.25) is 14.9 Å². The van der Waals surface area contributed by atoms with Gasteiger partial charge in [0.05, 0.1) is 33.8 Å². The van der Waals surface area contributed by atoms with Crippen molar-refractivity contribution in [3.05, 3.63) is 143 Å². The van der Waals surface area contributed by atoms with Crippen LogP contribution in [0.4, 0.5) is 28.1 Å². The molecule has 9 N–H and O–H groups in total. The SMILES string of the molecule is CC1(NC(=O)c2ccc(N)cc2)CCCC(Nc2ncc(Cl)c(-c3c[nH]c4ccccc34)n2)C1.CC1(NC(=O)c2ccc(NC(=O)OC(C)(C)C)cc2)CCCC(Nc2ncc(Cl)c(-c3c[nH]c4ccccc34)n2)C1.Cl. The highest BCUT2D eigenvalue weighted by Crippen LogP contribution is 2.36. The number of H-pyrrole nitrogens is 2. The van der Waals surface area contributed by atoms with E-state index in [4.69, 9.17) is 43.6 Å². The third kappa shape index (κ3) is 13.5. The molecule has 0 radical (unpaired) electrons. The number of anilines is 4. The molecule has 2 fully saturated rings. The fourth-order valence-corrected chi connectivity index (χ4v) is 10.4. The third-order valence-electron chi connectivity index (χ3n) is 13.6. The van der Waals surface area contributed by atoms with E-state index in [-0.39, 0.29) is 41.8 Å². The first kappa shape index (κ1) is 54.8. The number of halogens is 3. The van der Waals surface area contributed by atoms with E-state index in [1.807, 2.05) is 60.9 Å². The average Bonchev–Trinajstić information content (AvgIpc) is 4.01. The first-order valence-electron chi connectivity index (χ1n) is 25.2. The topological polar surface area (TPSA) is 230 Å². The molecule has 2 saturated carbocycles. The second kappa shape index (κ2) is 23.2. The smallest absolute Gasteiger partial charge is 0.412 e. The highest BCUT2D eigenvalue weighted by atomic mass is 35.5. The molecule has 10 rings (SSSR count). The summed E-state index contributed by atoms with van der Waals surface area (Å²) in [6.07, 6.45) is 13.6. The minimum Gasteiger partial charge on any atom is -0.444 e. The fourth-order valence-electron chi connectivity index (χ4n) is 10.1. The van der Waals surface area contributed by atoms with Crippen molar-refractivity contribution in [3.63, 3.8) is 0 Å². The van der Waals surface area contributed by atoms with E-state index in [0.717, 1.165) is 77.9 Å². The summed E-state index contributed by atoms with van der Waals surface area (Å²) < 4.78 is 5.28. The number of hydrogen-bond donors (Lipinski definition) is 8. The predicted molar refractivity (Wildman–Crippen MR) is 307 cm³/mol. The van der Waals surface area contributed by atoms with Crippen molar-refractivity contribution in [3.8, 4) is 22.5 Å². The van der Waals surface area contributed by atoms with E-state index in [1.165, 1.54) is 0 Å². The molecule has 396 valence electrons. The summed E-state index contributed by atoms with van der Waals surface area (Å²) in [5.41, 5.74) is 12.0. The first-order chi connectivity index (χ1) is 35.9. The Bertz CT molecular complexity index is 3340. The molecule has 4 aromatic carbocycles. The maximum Gasteiger partial charge on any atom is 0.412 e. The van der Waals surface area contributed by atoms with Crippen LogP contribution in [-0.4, -0.2) is 76.6 Å². The zero-order chi connectivity index (χ0) is 52.9. The second-order valence-electron chi connectivity index (χ2n) is 21.0. The summed E-state index contributed by atoms with van der Waals surface area (Å²) in [4.78, 5) is 62.9. The lowest BCUT2D eigenvalue weighted by Gasteiger charge is -2.39. The fraction of sp³-hybridized carbons (Fsp3) is 0.316. The van der Waals surface area contributed by atoms with Crippen LogP contribution in [-0.2, 0) is 4.74 Å². The average molecular weight is 1090 g/mol. The highest BCUT2D eigenvalue weighted by Gasteiger charge is 2.36. The molecule has 4 unspecified atom stereocenters. The van der Waals surface area contributed by atoms with Gasteiger partial charge in [-0.2, -0.15) is 0 Å². The lowest BCUT2D eigenvalue weighted by atomic mass is 9.80. The van der Waals surface area contributed by atoms with Gasteiger partial charge in [0.15, 0.2) is 0 Å². The molecular weight excluding hydrogens is 1020 g/mol. The predicted octanol–water partition coefficient (Wildman–Crippen LogP) is 13.0. The number of carbonyl (C=O) groups excluding carboxylic acids is 3. The minimum atomic E-state index is -0.592. The number of aromatic nitrogens is 6. The number of rotatable bonds is 11. The Hall–Kier alpha value is -7.40. The standard InChI is InChI=1S/C31H35ClN6O3.C26H27ClN6O.ClH/c1-30(2,3)41-29(40)36-20-13-11-19(12-14-20)27(39)38-31(4)15-7-8-21(16-31)35-28-34-18-24(32)26(37-28)23-17-33-25-10-6-5-9-22(23)25;1-26(33-24(34)16-8-10-17(28)11-9-16)12-4-5-18(13-26)31-25-30-15-21(27)23(32-25)20-14-29-22-7-3-2-6-19(20)22;/h5-6,9-14,17-18,21,33H,7-8,15-16H2,1-4H3,(H,36,40)(H,38,39)(H,34,35,37);2-3,6-11,14-15,18,29H,4-5,12-13,28H2,1H3,(H,33,34)(H,30,31,32);1H. The highest BCUT2D eigenvalue weighted by molar-refractivity contribution is 6.33. The molecule has 76 heavy (non-hydrogen) atoms. The Kier molecular flexibility index (Phi) is 16.8. The number of nitrogens with one attached hydrogen (secondary N) is 7. The summed E-state index contributed by atoms with van der Waals surface area (Å²) in [6.45, 7) is 9.57. The quantitative estimate of drug-likeness (QED) is 0.0568. The molecule has 2 aliphatic rings. The lowest BCUT2D eigenvalue weighted by Crippen LogP contribution is -2.51. The van der Waals surface area contributed by atoms with Gasteiger partial charge >= 0.3 is 6.09 Å². The molecule has 3 amide bonds. The maximum absolute atomic E-state index is 13.1. The summed E-state index contributed by atoms with van der Waals surface area (Å²) in [5, 5.41) is 19.2. The number of aromatic amines is 2. The van der Waals surface area contributed by atoms with Gasteiger partial charge in [-0.05, 0) is 147 Å². The number of amides is 3. The van der Waals surface area contributed by atoms with Gasteiger partial charge in [-0.25, -0.2) is 24.7 Å². The van der Waals surface area contributed by atoms with Crippen LogP contribution in [0.15, 0.2) is 122 Å². The van der Waals surface area contributed by atoms with Gasteiger partial charge in [0.25, 0.3) is 11.8 Å². The van der Waals surface area contributed by atoms with Gasteiger partial charge in [0.1, 0.15) is 5.60 Å². The number of hydrogen-bond acceptors (Lipinski definition) is 11. The summed E-state index contributed by atoms with van der Waals surface area (Å²) in [5.74, 6) is 0.779. The number of benzene rings is 4. The third-order valence-corrected chi connectivity index (χ3v) is 14.1. The van der Waals surface area contributed by atoms with Gasteiger partial charge in [-0.15, -0.1) is 12.4 Å². The Morgan fingerprint density at radius 1 is 0.658 bits per heavy atom. The van der Waals surface area contributed by atoms with E-state index < -0.39 is 17.2 Å². The van der Waals surface area contributed by atoms with E-state index in [1.54, 1.807) is 81.7 Å². The van der Waals surface area contributed by atoms with Gasteiger partial charge in [0.2, 0.25) is 11.9 Å². The van der Waals surface area contributed by atoms with Crippen molar-refractivity contribution in [2.24, 2.45) is 0 Å². The Balaban J connectivity index is 0.000000202. The van der Waals surface area contributed by atoms with Crippen LogP contribution >= 0.6 is 35.6 Å². The molecule has 4 aromatic heterocycles. The molecule has 0 aliphatic heterocycles. The molecule has 2 aliphatic carbocycles. The Labute approximate surface area is 457 Å². The van der Waals surface area contributed by atoms with Gasteiger partial charge in [0, 0.05) is 91.0 Å². The summed E-state index contributed by atoms with van der Waals surface area (Å²) in [7, 11) is 0. The minimum absolute atomic E-state index is 0. The number of nitrogens with zero attached hydrogens (tertiary/aromatic N) is 4. The summed E-state index contributed by atoms with van der Waals surface area (Å²) >= 11 is 13.0. The van der Waals surface area contributed by atoms with Crippen LogP contribution in [0.2, 0.25) is 10.0 Å².